The maximum absolute atomic E-state index is 9.00. The Labute approximate surface area is 51.9 Å². The zero-order valence-electron chi connectivity index (χ0n) is 4.90. The first-order valence-corrected chi connectivity index (χ1v) is 1.93. The van der Waals surface area contributed by atoms with Crippen molar-refractivity contribution in [2.75, 3.05) is 0 Å². The van der Waals surface area contributed by atoms with Crippen LogP contribution in [-0.2, 0) is 4.79 Å². The number of hydrazone groups is 1. The number of nitrogens with two attached hydrogens (primary N) is 1. The van der Waals surface area contributed by atoms with Crippen molar-refractivity contribution in [2.24, 2.45) is 16.1 Å². The molecule has 0 aliphatic rings. The summed E-state index contributed by atoms with van der Waals surface area (Å²) in [5.41, 5.74) is 6.00. The molecule has 52 valence electrons. The van der Waals surface area contributed by atoms with E-state index in [9.17, 15) is 0 Å². The second-order valence-corrected chi connectivity index (χ2v) is 0.913. The van der Waals surface area contributed by atoms with E-state index in [-0.39, 0.29) is 0 Å². The number of aliphatic carboxylic acids is 1. The van der Waals surface area contributed by atoms with E-state index in [0.717, 1.165) is 13.3 Å². The van der Waals surface area contributed by atoms with Crippen molar-refractivity contribution in [1.82, 2.24) is 0 Å². The molecule has 0 aliphatic heterocycles. The van der Waals surface area contributed by atoms with Gasteiger partial charge in [-0.2, -0.15) is 5.10 Å². The van der Waals surface area contributed by atoms with Crippen molar-refractivity contribution >= 4 is 12.3 Å². The molecule has 0 bridgehead atoms. The van der Waals surface area contributed by atoms with Crippen molar-refractivity contribution in [1.29, 1.82) is 5.53 Å². The fourth-order valence-corrected chi connectivity index (χ4v) is 0.0333. The minimum absolute atomic E-state index is 0.833. The molecule has 0 saturated heterocycles. The van der Waals surface area contributed by atoms with Crippen LogP contribution in [0, 0.1) is 5.53 Å². The summed E-state index contributed by atoms with van der Waals surface area (Å²) >= 11 is 0. The number of hydrogen-bond acceptors (Lipinski definition) is 4. The maximum Gasteiger partial charge on any atom is 0.300 e. The molecule has 0 radical (unpaired) electrons. The van der Waals surface area contributed by atoms with Crippen molar-refractivity contribution in [3.05, 3.63) is 0 Å². The molecule has 0 heterocycles. The van der Waals surface area contributed by atoms with E-state index >= 15 is 0 Å². The Kier molecular flexibility index (Phi) is 11.4. The predicted octanol–water partition coefficient (Wildman–Crippen LogP) is 0.0103. The summed E-state index contributed by atoms with van der Waals surface area (Å²) in [5, 5.41) is 13.0. The molecule has 0 aromatic carbocycles. The number of rotatable bonds is 1. The summed E-state index contributed by atoms with van der Waals surface area (Å²) in [4.78, 5) is 9.00. The maximum atomic E-state index is 9.00. The van der Waals surface area contributed by atoms with Gasteiger partial charge in [-0.05, 0) is 0 Å². The molecule has 6 nitrogen and oxygen atoms in total. The van der Waals surface area contributed by atoms with Crippen LogP contribution in [0.5, 0.6) is 0 Å². The minimum atomic E-state index is -0.833. The lowest BCUT2D eigenvalue weighted by molar-refractivity contribution is -0.134. The number of nitrogens with one attached hydrogen (secondary N) is 1. The molecule has 6 heteroatoms. The Morgan fingerprint density at radius 2 is 2.22 bits per heavy atom. The number of carboxylic acid groups (broad SMARTS) is 1. The summed E-state index contributed by atoms with van der Waals surface area (Å²) < 4.78 is 0. The lowest BCUT2D eigenvalue weighted by atomic mass is 10.9. The van der Waals surface area contributed by atoms with Gasteiger partial charge < -0.3 is 10.9 Å². The highest BCUT2D eigenvalue weighted by Gasteiger charge is 1.65. The van der Waals surface area contributed by atoms with E-state index in [4.69, 9.17) is 15.4 Å². The van der Waals surface area contributed by atoms with Crippen molar-refractivity contribution in [3.63, 3.8) is 0 Å². The van der Waals surface area contributed by atoms with E-state index in [0.29, 0.717) is 0 Å². The molecular formula is C3H8N4O2. The van der Waals surface area contributed by atoms with E-state index in [2.05, 4.69) is 16.1 Å². The quantitative estimate of drug-likeness (QED) is 0.153. The fourth-order valence-electron chi connectivity index (χ4n) is 0.0333. The standard InChI is InChI=1S/C2H4O2.CH4N4/c1-2(3)4;2-4-1-5-3/h1H3,(H,3,4);1-2H,3H2. The summed E-state index contributed by atoms with van der Waals surface area (Å²) in [6, 6.07) is 0. The average Bonchev–Trinajstić information content (AvgIpc) is 1.66. The molecule has 0 fully saturated rings. The smallest absolute Gasteiger partial charge is 0.300 e. The van der Waals surface area contributed by atoms with Crippen molar-refractivity contribution in [3.8, 4) is 0 Å². The number of carbonyl (C=O) groups is 1. The lowest BCUT2D eigenvalue weighted by Gasteiger charge is -1.59. The minimum Gasteiger partial charge on any atom is -0.481 e. The van der Waals surface area contributed by atoms with Gasteiger partial charge in [0.25, 0.3) is 5.97 Å². The topological polar surface area (TPSA) is 112 Å². The van der Waals surface area contributed by atoms with Gasteiger partial charge in [0.1, 0.15) is 0 Å². The molecule has 0 aliphatic carbocycles. The van der Waals surface area contributed by atoms with Gasteiger partial charge in [0.15, 0.2) is 6.34 Å². The van der Waals surface area contributed by atoms with Crippen LogP contribution in [0.25, 0.3) is 0 Å². The van der Waals surface area contributed by atoms with Gasteiger partial charge in [0.05, 0.1) is 0 Å². The van der Waals surface area contributed by atoms with E-state index in [1.807, 2.05) is 0 Å². The molecule has 0 atom stereocenters. The molecule has 0 aromatic rings. The van der Waals surface area contributed by atoms with Crippen LogP contribution in [0.1, 0.15) is 6.92 Å². The first-order valence-electron chi connectivity index (χ1n) is 1.93. The normalized spacial score (nSPS) is 7.67. The summed E-state index contributed by atoms with van der Waals surface area (Å²) in [5.74, 6) is 3.66. The van der Waals surface area contributed by atoms with Gasteiger partial charge >= 0.3 is 0 Å². The highest BCUT2D eigenvalue weighted by Crippen LogP contribution is 1.44. The van der Waals surface area contributed by atoms with E-state index < -0.39 is 5.97 Å². The van der Waals surface area contributed by atoms with Gasteiger partial charge in [-0.3, -0.25) is 4.79 Å². The number of carboxylic acids is 1. The highest BCUT2D eigenvalue weighted by atomic mass is 16.4. The first kappa shape index (κ1) is 10.5. The van der Waals surface area contributed by atoms with Gasteiger partial charge in [-0.25, -0.2) is 5.53 Å². The molecular weight excluding hydrogens is 124 g/mol. The van der Waals surface area contributed by atoms with E-state index in [1.54, 1.807) is 0 Å². The van der Waals surface area contributed by atoms with Crippen LogP contribution in [0.2, 0.25) is 0 Å². The Bertz CT molecular complexity index is 106. The van der Waals surface area contributed by atoms with Crippen LogP contribution < -0.4 is 5.84 Å². The van der Waals surface area contributed by atoms with Gasteiger partial charge in [0.2, 0.25) is 0 Å². The second kappa shape index (κ2) is 9.74. The van der Waals surface area contributed by atoms with Crippen molar-refractivity contribution < 1.29 is 9.90 Å². The zero-order valence-corrected chi connectivity index (χ0v) is 4.90. The molecule has 0 unspecified atom stereocenters. The predicted molar refractivity (Wildman–Crippen MR) is 31.1 cm³/mol. The fraction of sp³-hybridized carbons (Fsp3) is 0.333. The molecule has 4 N–H and O–H groups in total. The molecule has 9 heavy (non-hydrogen) atoms. The highest BCUT2D eigenvalue weighted by molar-refractivity contribution is 5.62. The van der Waals surface area contributed by atoms with Crippen LogP contribution >= 0.6 is 0 Å². The van der Waals surface area contributed by atoms with Gasteiger partial charge in [-0.15, -0.1) is 5.11 Å². The monoisotopic (exact) mass is 132 g/mol. The summed E-state index contributed by atoms with van der Waals surface area (Å²) in [6.07, 6.45) is 0.944. The third kappa shape index (κ3) is 462. The zero-order chi connectivity index (χ0) is 7.70. The van der Waals surface area contributed by atoms with Crippen LogP contribution in [0.4, 0.5) is 0 Å². The average molecular weight is 132 g/mol. The largest absolute Gasteiger partial charge is 0.481 e. The molecule has 0 amide bonds. The number of hydrogen-bond donors (Lipinski definition) is 3. The second-order valence-electron chi connectivity index (χ2n) is 0.913. The lowest BCUT2D eigenvalue weighted by Crippen LogP contribution is -1.78. The Hall–Kier alpha value is -1.46. The van der Waals surface area contributed by atoms with Crippen LogP contribution in [0.3, 0.4) is 0 Å². The SMILES string of the molecule is CC(=O)O.N=NC=NN. The van der Waals surface area contributed by atoms with E-state index in [1.165, 1.54) is 0 Å². The Balaban J connectivity index is 0. The molecule has 0 aromatic heterocycles. The molecule has 0 saturated carbocycles. The summed E-state index contributed by atoms with van der Waals surface area (Å²) in [6.45, 7) is 1.08. The van der Waals surface area contributed by atoms with Crippen LogP contribution in [0.15, 0.2) is 10.2 Å². The summed E-state index contributed by atoms with van der Waals surface area (Å²) in [7, 11) is 0. The number of nitrogens with zero attached hydrogens (tertiary/aromatic N) is 2. The first-order chi connectivity index (χ1) is 4.15. The Morgan fingerprint density at radius 1 is 1.89 bits per heavy atom. The van der Waals surface area contributed by atoms with Gasteiger partial charge in [-0.1, -0.05) is 0 Å². The molecule has 0 rings (SSSR count). The van der Waals surface area contributed by atoms with Gasteiger partial charge in [0, 0.05) is 6.92 Å². The van der Waals surface area contributed by atoms with Crippen LogP contribution in [-0.4, -0.2) is 17.4 Å². The third-order valence-corrected chi connectivity index (χ3v) is 0.124. The van der Waals surface area contributed by atoms with Crippen molar-refractivity contribution in [2.45, 2.75) is 6.92 Å². The molecule has 0 spiro atoms. The Morgan fingerprint density at radius 3 is 2.22 bits per heavy atom. The third-order valence-electron chi connectivity index (χ3n) is 0.124.